The third kappa shape index (κ3) is 2.76. The summed E-state index contributed by atoms with van der Waals surface area (Å²) < 4.78 is 19.2. The Morgan fingerprint density at radius 1 is 1.32 bits per heavy atom. The van der Waals surface area contributed by atoms with Crippen molar-refractivity contribution in [2.24, 2.45) is 0 Å². The fourth-order valence-corrected chi connectivity index (χ4v) is 3.53. The molecule has 1 aliphatic carbocycles. The minimum absolute atomic E-state index is 0.129. The maximum atomic E-state index is 13.1. The molecule has 2 aliphatic rings. The Balaban J connectivity index is 1.69. The van der Waals surface area contributed by atoms with E-state index in [1.807, 2.05) is 13.0 Å². The summed E-state index contributed by atoms with van der Waals surface area (Å²) in [5, 5.41) is 3.58. The Morgan fingerprint density at radius 3 is 2.84 bits per heavy atom. The van der Waals surface area contributed by atoms with Gasteiger partial charge in [0.25, 0.3) is 0 Å². The van der Waals surface area contributed by atoms with Gasteiger partial charge in [0.2, 0.25) is 0 Å². The topological polar surface area (TPSA) is 21.3 Å². The minimum atomic E-state index is -0.165. The van der Waals surface area contributed by atoms with Crippen LogP contribution in [0.5, 0.6) is 0 Å². The van der Waals surface area contributed by atoms with Crippen molar-refractivity contribution in [1.29, 1.82) is 0 Å². The van der Waals surface area contributed by atoms with Gasteiger partial charge in [-0.3, -0.25) is 0 Å². The summed E-state index contributed by atoms with van der Waals surface area (Å²) in [6.07, 6.45) is 7.12. The number of hydrogen-bond acceptors (Lipinski definition) is 2. The van der Waals surface area contributed by atoms with E-state index in [4.69, 9.17) is 4.74 Å². The van der Waals surface area contributed by atoms with E-state index in [1.165, 1.54) is 31.7 Å². The number of anilines is 1. The molecule has 3 rings (SSSR count). The smallest absolute Gasteiger partial charge is 0.123 e. The second kappa shape index (κ2) is 5.12. The van der Waals surface area contributed by atoms with E-state index >= 15 is 0 Å². The highest BCUT2D eigenvalue weighted by molar-refractivity contribution is 5.51. The molecule has 2 fully saturated rings. The number of hydrogen-bond donors (Lipinski definition) is 1. The first-order chi connectivity index (χ1) is 9.17. The van der Waals surface area contributed by atoms with Crippen LogP contribution in [-0.4, -0.2) is 18.2 Å². The van der Waals surface area contributed by atoms with Crippen molar-refractivity contribution >= 4 is 5.69 Å². The van der Waals surface area contributed by atoms with Crippen molar-refractivity contribution in [3.8, 4) is 0 Å². The molecule has 0 radical (unpaired) electrons. The monoisotopic (exact) mass is 263 g/mol. The molecule has 0 aromatic heterocycles. The number of ether oxygens (including phenoxy) is 1. The molecule has 1 heterocycles. The lowest BCUT2D eigenvalue weighted by atomic mass is 9.88. The van der Waals surface area contributed by atoms with Gasteiger partial charge in [-0.1, -0.05) is 12.8 Å². The lowest BCUT2D eigenvalue weighted by Gasteiger charge is -2.39. The maximum absolute atomic E-state index is 13.1. The van der Waals surface area contributed by atoms with E-state index in [0.717, 1.165) is 30.7 Å². The number of rotatable bonds is 2. The Labute approximate surface area is 114 Å². The highest BCUT2D eigenvalue weighted by Crippen LogP contribution is 2.40. The van der Waals surface area contributed by atoms with Crippen molar-refractivity contribution in [3.05, 3.63) is 29.6 Å². The molecule has 1 spiro atoms. The van der Waals surface area contributed by atoms with Crippen molar-refractivity contribution in [2.75, 3.05) is 11.9 Å². The molecule has 2 nitrogen and oxygen atoms in total. The molecular formula is C16H22FNO. The second-order valence-electron chi connectivity index (χ2n) is 6.03. The van der Waals surface area contributed by atoms with Crippen LogP contribution in [0.4, 0.5) is 10.1 Å². The van der Waals surface area contributed by atoms with Crippen LogP contribution in [0.3, 0.4) is 0 Å². The predicted octanol–water partition coefficient (Wildman–Crippen LogP) is 4.04. The third-order valence-electron chi connectivity index (χ3n) is 4.56. The number of aryl methyl sites for hydroxylation is 1. The van der Waals surface area contributed by atoms with Gasteiger partial charge >= 0.3 is 0 Å². The molecule has 0 amide bonds. The van der Waals surface area contributed by atoms with E-state index < -0.39 is 0 Å². The first-order valence-corrected chi connectivity index (χ1v) is 7.34. The number of nitrogens with one attached hydrogen (secondary N) is 1. The number of halogens is 1. The van der Waals surface area contributed by atoms with Gasteiger partial charge in [-0.25, -0.2) is 4.39 Å². The molecule has 1 unspecified atom stereocenters. The summed E-state index contributed by atoms with van der Waals surface area (Å²) in [6, 6.07) is 5.42. The highest BCUT2D eigenvalue weighted by atomic mass is 19.1. The van der Waals surface area contributed by atoms with Crippen molar-refractivity contribution in [3.63, 3.8) is 0 Å². The van der Waals surface area contributed by atoms with E-state index in [0.29, 0.717) is 6.04 Å². The normalized spacial score (nSPS) is 25.7. The fraction of sp³-hybridized carbons (Fsp3) is 0.625. The molecule has 1 aromatic rings. The Bertz CT molecular complexity index is 454. The highest BCUT2D eigenvalue weighted by Gasteiger charge is 2.39. The van der Waals surface area contributed by atoms with Gasteiger partial charge in [0, 0.05) is 18.3 Å². The largest absolute Gasteiger partial charge is 0.382 e. The summed E-state index contributed by atoms with van der Waals surface area (Å²) in [6.45, 7) is 2.80. The van der Waals surface area contributed by atoms with E-state index in [-0.39, 0.29) is 11.4 Å². The van der Waals surface area contributed by atoms with Gasteiger partial charge in [0.1, 0.15) is 5.82 Å². The predicted molar refractivity (Wildman–Crippen MR) is 74.9 cm³/mol. The molecule has 1 aliphatic heterocycles. The van der Waals surface area contributed by atoms with Gasteiger partial charge in [-0.05, 0) is 56.4 Å². The summed E-state index contributed by atoms with van der Waals surface area (Å²) in [5.74, 6) is -0.165. The van der Waals surface area contributed by atoms with Crippen LogP contribution in [0.15, 0.2) is 18.2 Å². The van der Waals surface area contributed by atoms with E-state index in [2.05, 4.69) is 5.32 Å². The molecule has 1 saturated heterocycles. The van der Waals surface area contributed by atoms with Gasteiger partial charge < -0.3 is 10.1 Å². The van der Waals surface area contributed by atoms with Crippen LogP contribution < -0.4 is 5.32 Å². The van der Waals surface area contributed by atoms with Crippen molar-refractivity contribution in [1.82, 2.24) is 0 Å². The summed E-state index contributed by atoms with van der Waals surface area (Å²) >= 11 is 0. The van der Waals surface area contributed by atoms with E-state index in [9.17, 15) is 4.39 Å². The molecule has 1 N–H and O–H groups in total. The lowest BCUT2D eigenvalue weighted by molar-refractivity contribution is -0.0767. The Kier molecular flexibility index (Phi) is 3.48. The molecule has 1 aromatic carbocycles. The van der Waals surface area contributed by atoms with Crippen LogP contribution >= 0.6 is 0 Å². The molecule has 0 bridgehead atoms. The molecule has 19 heavy (non-hydrogen) atoms. The maximum Gasteiger partial charge on any atom is 0.123 e. The SMILES string of the molecule is Cc1cc(F)ccc1NC1CCOC2(CCCC2)C1. The van der Waals surface area contributed by atoms with Crippen molar-refractivity contribution < 1.29 is 9.13 Å². The number of benzene rings is 1. The summed E-state index contributed by atoms with van der Waals surface area (Å²) in [7, 11) is 0. The van der Waals surface area contributed by atoms with Gasteiger partial charge in [-0.15, -0.1) is 0 Å². The third-order valence-corrected chi connectivity index (χ3v) is 4.56. The van der Waals surface area contributed by atoms with Gasteiger partial charge in [-0.2, -0.15) is 0 Å². The summed E-state index contributed by atoms with van der Waals surface area (Å²) in [5.41, 5.74) is 2.16. The standard InChI is InChI=1S/C16H22FNO/c1-12-10-13(17)4-5-15(12)18-14-6-9-19-16(11-14)7-2-3-8-16/h4-5,10,14,18H,2-3,6-9,11H2,1H3. The first-order valence-electron chi connectivity index (χ1n) is 7.34. The Morgan fingerprint density at radius 2 is 2.11 bits per heavy atom. The molecular weight excluding hydrogens is 241 g/mol. The van der Waals surface area contributed by atoms with Gasteiger partial charge in [0.05, 0.1) is 5.60 Å². The lowest BCUT2D eigenvalue weighted by Crippen LogP contribution is -2.42. The van der Waals surface area contributed by atoms with Crippen LogP contribution in [0.25, 0.3) is 0 Å². The minimum Gasteiger partial charge on any atom is -0.382 e. The zero-order chi connectivity index (χ0) is 13.3. The first kappa shape index (κ1) is 12.9. The van der Waals surface area contributed by atoms with Gasteiger partial charge in [0.15, 0.2) is 0 Å². The average molecular weight is 263 g/mol. The summed E-state index contributed by atoms with van der Waals surface area (Å²) in [4.78, 5) is 0. The van der Waals surface area contributed by atoms with Crippen molar-refractivity contribution in [2.45, 2.75) is 57.1 Å². The molecule has 1 saturated carbocycles. The Hall–Kier alpha value is -1.09. The fourth-order valence-electron chi connectivity index (χ4n) is 3.53. The van der Waals surface area contributed by atoms with E-state index in [1.54, 1.807) is 6.07 Å². The second-order valence-corrected chi connectivity index (χ2v) is 6.03. The molecule has 3 heteroatoms. The van der Waals surface area contributed by atoms with Crippen LogP contribution in [0, 0.1) is 12.7 Å². The average Bonchev–Trinajstić information content (AvgIpc) is 2.81. The molecule has 104 valence electrons. The van der Waals surface area contributed by atoms with Crippen LogP contribution in [0.2, 0.25) is 0 Å². The zero-order valence-corrected chi connectivity index (χ0v) is 11.5. The van der Waals surface area contributed by atoms with Crippen LogP contribution in [0.1, 0.15) is 44.1 Å². The van der Waals surface area contributed by atoms with Crippen LogP contribution in [-0.2, 0) is 4.74 Å². The molecule has 1 atom stereocenters. The quantitative estimate of drug-likeness (QED) is 0.869. The zero-order valence-electron chi connectivity index (χ0n) is 11.5.